The number of benzene rings is 1. The van der Waals surface area contributed by atoms with Crippen molar-refractivity contribution in [3.05, 3.63) is 39.2 Å². The maximum absolute atomic E-state index is 14.0. The van der Waals surface area contributed by atoms with Gasteiger partial charge < -0.3 is 5.32 Å². The van der Waals surface area contributed by atoms with E-state index in [1.54, 1.807) is 0 Å². The number of nitrogens with one attached hydrogen (secondary N) is 1. The number of carbonyl (C=O) groups excluding carboxylic acids is 1. The minimum atomic E-state index is -0.714. The predicted octanol–water partition coefficient (Wildman–Crippen LogP) is 3.60. The average Bonchev–Trinajstić information content (AvgIpc) is 2.38. The van der Waals surface area contributed by atoms with Gasteiger partial charge in [-0.15, -0.1) is 0 Å². The molecule has 6 heteroatoms. The summed E-state index contributed by atoms with van der Waals surface area (Å²) < 4.78 is 14.0. The molecule has 0 saturated heterocycles. The highest BCUT2D eigenvalue weighted by molar-refractivity contribution is 5.95. The number of nitrogens with zero attached hydrogens (tertiary/aromatic N) is 1. The Labute approximate surface area is 123 Å². The van der Waals surface area contributed by atoms with Gasteiger partial charge in [0.2, 0.25) is 0 Å². The molecule has 0 saturated carbocycles. The third-order valence-electron chi connectivity index (χ3n) is 3.25. The van der Waals surface area contributed by atoms with Gasteiger partial charge in [-0.1, -0.05) is 13.8 Å². The largest absolute Gasteiger partial charge is 0.349 e. The van der Waals surface area contributed by atoms with Crippen molar-refractivity contribution < 1.29 is 14.1 Å². The van der Waals surface area contributed by atoms with Crippen molar-refractivity contribution in [2.24, 2.45) is 5.92 Å². The van der Waals surface area contributed by atoms with Gasteiger partial charge >= 0.3 is 0 Å². The molecule has 0 radical (unpaired) electrons. The zero-order valence-corrected chi connectivity index (χ0v) is 12.8. The molecule has 1 amide bonds. The Hall–Kier alpha value is -1.98. The van der Waals surface area contributed by atoms with Gasteiger partial charge in [0.05, 0.1) is 10.5 Å². The number of aryl methyl sites for hydroxylation is 1. The molecule has 0 aromatic heterocycles. The first kappa shape index (κ1) is 17.1. The average molecular weight is 296 g/mol. The molecule has 0 unspecified atom stereocenters. The molecule has 21 heavy (non-hydrogen) atoms. The van der Waals surface area contributed by atoms with E-state index in [1.165, 1.54) is 6.92 Å². The van der Waals surface area contributed by atoms with Crippen molar-refractivity contribution in [3.8, 4) is 0 Å². The summed E-state index contributed by atoms with van der Waals surface area (Å²) in [6.07, 6.45) is 1.72. The first-order valence-electron chi connectivity index (χ1n) is 6.97. The normalized spacial score (nSPS) is 12.3. The van der Waals surface area contributed by atoms with E-state index in [9.17, 15) is 19.3 Å². The number of hydrogen-bond donors (Lipinski definition) is 1. The number of halogens is 1. The minimum Gasteiger partial charge on any atom is -0.349 e. The second kappa shape index (κ2) is 7.15. The fraction of sp³-hybridized carbons (Fsp3) is 0.533. The van der Waals surface area contributed by atoms with Crippen LogP contribution in [0.3, 0.4) is 0 Å². The van der Waals surface area contributed by atoms with Crippen LogP contribution < -0.4 is 5.32 Å². The topological polar surface area (TPSA) is 72.2 Å². The summed E-state index contributed by atoms with van der Waals surface area (Å²) in [5.41, 5.74) is -0.476. The Balaban J connectivity index is 2.89. The Morgan fingerprint density at radius 1 is 1.33 bits per heavy atom. The first-order chi connectivity index (χ1) is 9.72. The summed E-state index contributed by atoms with van der Waals surface area (Å²) in [5, 5.41) is 13.5. The lowest BCUT2D eigenvalue weighted by atomic mass is 10.0. The highest BCUT2D eigenvalue weighted by Crippen LogP contribution is 2.21. The number of nitro groups is 1. The molecular formula is C15H21FN2O3. The monoisotopic (exact) mass is 296 g/mol. The Bertz CT molecular complexity index is 544. The van der Waals surface area contributed by atoms with Crippen LogP contribution in [0.4, 0.5) is 10.1 Å². The van der Waals surface area contributed by atoms with Crippen LogP contribution in [0.1, 0.15) is 49.5 Å². The molecule has 0 fully saturated rings. The van der Waals surface area contributed by atoms with E-state index in [1.807, 2.05) is 6.92 Å². The quantitative estimate of drug-likeness (QED) is 0.644. The lowest BCUT2D eigenvalue weighted by Gasteiger charge is -2.15. The summed E-state index contributed by atoms with van der Waals surface area (Å²) >= 11 is 0. The lowest BCUT2D eigenvalue weighted by molar-refractivity contribution is -0.385. The molecule has 0 aliphatic carbocycles. The van der Waals surface area contributed by atoms with Crippen LogP contribution in [0.15, 0.2) is 12.1 Å². The first-order valence-corrected chi connectivity index (χ1v) is 6.97. The van der Waals surface area contributed by atoms with E-state index < -0.39 is 16.6 Å². The van der Waals surface area contributed by atoms with Crippen LogP contribution in [0.2, 0.25) is 0 Å². The fourth-order valence-corrected chi connectivity index (χ4v) is 1.98. The van der Waals surface area contributed by atoms with Gasteiger partial charge in [0.15, 0.2) is 0 Å². The van der Waals surface area contributed by atoms with E-state index in [0.29, 0.717) is 5.92 Å². The molecule has 1 atom stereocenters. The van der Waals surface area contributed by atoms with Crippen LogP contribution >= 0.6 is 0 Å². The predicted molar refractivity (Wildman–Crippen MR) is 78.8 cm³/mol. The van der Waals surface area contributed by atoms with Crippen molar-refractivity contribution in [1.82, 2.24) is 5.32 Å². The van der Waals surface area contributed by atoms with E-state index in [-0.39, 0.29) is 22.9 Å². The lowest BCUT2D eigenvalue weighted by Crippen LogP contribution is -2.33. The second-order valence-corrected chi connectivity index (χ2v) is 5.73. The Kier molecular flexibility index (Phi) is 5.81. The van der Waals surface area contributed by atoms with Gasteiger partial charge in [0, 0.05) is 18.2 Å². The molecule has 0 aliphatic heterocycles. The molecule has 0 heterocycles. The van der Waals surface area contributed by atoms with E-state index in [4.69, 9.17) is 0 Å². The van der Waals surface area contributed by atoms with Crippen LogP contribution in [-0.2, 0) is 0 Å². The molecule has 0 spiro atoms. The fourth-order valence-electron chi connectivity index (χ4n) is 1.98. The number of amides is 1. The Morgan fingerprint density at radius 3 is 2.48 bits per heavy atom. The molecule has 0 aliphatic rings. The van der Waals surface area contributed by atoms with Gasteiger partial charge in [-0.25, -0.2) is 4.39 Å². The summed E-state index contributed by atoms with van der Waals surface area (Å²) in [6.45, 7) is 7.40. The molecule has 1 aromatic carbocycles. The van der Waals surface area contributed by atoms with E-state index in [2.05, 4.69) is 19.2 Å². The van der Waals surface area contributed by atoms with Crippen LogP contribution in [0, 0.1) is 28.8 Å². The second-order valence-electron chi connectivity index (χ2n) is 5.73. The molecule has 1 N–H and O–H groups in total. The van der Waals surface area contributed by atoms with Gasteiger partial charge in [-0.05, 0) is 38.2 Å². The van der Waals surface area contributed by atoms with E-state index >= 15 is 0 Å². The van der Waals surface area contributed by atoms with Gasteiger partial charge in [-0.2, -0.15) is 0 Å². The summed E-state index contributed by atoms with van der Waals surface area (Å²) in [6, 6.07) is 1.99. The standard InChI is InChI=1S/C15H21FN2O3/c1-9(2)5-6-11(4)17-15(19)13-8-12(18(20)21)7-10(3)14(13)16/h7-9,11H,5-6H2,1-4H3,(H,17,19)/t11-/m1/s1. The third kappa shape index (κ3) is 4.81. The number of carbonyl (C=O) groups is 1. The van der Waals surface area contributed by atoms with Crippen molar-refractivity contribution in [3.63, 3.8) is 0 Å². The smallest absolute Gasteiger partial charge is 0.270 e. The maximum Gasteiger partial charge on any atom is 0.270 e. The summed E-state index contributed by atoms with van der Waals surface area (Å²) in [4.78, 5) is 22.2. The number of rotatable bonds is 6. The molecule has 1 aromatic rings. The zero-order valence-electron chi connectivity index (χ0n) is 12.8. The van der Waals surface area contributed by atoms with Crippen LogP contribution in [-0.4, -0.2) is 16.9 Å². The zero-order chi connectivity index (χ0) is 16.2. The van der Waals surface area contributed by atoms with Crippen LogP contribution in [0.5, 0.6) is 0 Å². The number of hydrogen-bond acceptors (Lipinski definition) is 3. The molecule has 0 bridgehead atoms. The number of non-ortho nitro benzene ring substituents is 1. The Morgan fingerprint density at radius 2 is 1.95 bits per heavy atom. The maximum atomic E-state index is 14.0. The molecular weight excluding hydrogens is 275 g/mol. The highest BCUT2D eigenvalue weighted by Gasteiger charge is 2.20. The third-order valence-corrected chi connectivity index (χ3v) is 3.25. The number of nitro benzene ring substituents is 1. The van der Waals surface area contributed by atoms with Gasteiger partial charge in [-0.3, -0.25) is 14.9 Å². The minimum absolute atomic E-state index is 0.0872. The van der Waals surface area contributed by atoms with Gasteiger partial charge in [0.25, 0.3) is 11.6 Å². The highest BCUT2D eigenvalue weighted by atomic mass is 19.1. The summed E-state index contributed by atoms with van der Waals surface area (Å²) in [5.74, 6) is -0.814. The van der Waals surface area contributed by atoms with Crippen LogP contribution in [0.25, 0.3) is 0 Å². The van der Waals surface area contributed by atoms with Crippen molar-refractivity contribution in [2.45, 2.75) is 46.6 Å². The summed E-state index contributed by atoms with van der Waals surface area (Å²) in [7, 11) is 0. The molecule has 116 valence electrons. The SMILES string of the molecule is Cc1cc([N+](=O)[O-])cc(C(=O)N[C@H](C)CCC(C)C)c1F. The molecule has 1 rings (SSSR count). The van der Waals surface area contributed by atoms with Gasteiger partial charge in [0.1, 0.15) is 5.82 Å². The molecule has 5 nitrogen and oxygen atoms in total. The van der Waals surface area contributed by atoms with Crippen molar-refractivity contribution in [1.29, 1.82) is 0 Å². The van der Waals surface area contributed by atoms with Crippen molar-refractivity contribution in [2.75, 3.05) is 0 Å². The van der Waals surface area contributed by atoms with Crippen molar-refractivity contribution >= 4 is 11.6 Å². The van der Waals surface area contributed by atoms with E-state index in [0.717, 1.165) is 25.0 Å².